The molecular weight excluding hydrogens is 455 g/mol. The van der Waals surface area contributed by atoms with Crippen LogP contribution in [0.1, 0.15) is 33.1 Å². The maximum atomic E-state index is 13.7. The van der Waals surface area contributed by atoms with Crippen molar-refractivity contribution in [3.8, 4) is 0 Å². The van der Waals surface area contributed by atoms with Crippen LogP contribution in [0.5, 0.6) is 0 Å². The lowest BCUT2D eigenvalue weighted by Crippen LogP contribution is -2.21. The van der Waals surface area contributed by atoms with Gasteiger partial charge >= 0.3 is 6.18 Å². The van der Waals surface area contributed by atoms with Crippen molar-refractivity contribution in [1.82, 2.24) is 14.6 Å². The Balaban J connectivity index is 1.58. The summed E-state index contributed by atoms with van der Waals surface area (Å²) in [5, 5.41) is 7.16. The van der Waals surface area contributed by atoms with Crippen LogP contribution in [0.15, 0.2) is 51.9 Å². The first kappa shape index (κ1) is 22.8. The number of hydrogen-bond donors (Lipinski definition) is 3. The number of furan rings is 1. The summed E-state index contributed by atoms with van der Waals surface area (Å²) in [4.78, 5) is 40.6. The highest BCUT2D eigenvalue weighted by atomic mass is 19.4. The molecular formula is C22H18F3N5O4. The fraction of sp³-hybridized carbons (Fsp3) is 0.182. The average Bonchev–Trinajstić information content (AvgIpc) is 3.41. The average molecular weight is 473 g/mol. The molecule has 176 valence electrons. The molecule has 0 radical (unpaired) electrons. The first-order valence-corrected chi connectivity index (χ1v) is 9.97. The van der Waals surface area contributed by atoms with Crippen LogP contribution in [0.4, 0.5) is 24.5 Å². The van der Waals surface area contributed by atoms with E-state index in [-0.39, 0.29) is 23.4 Å². The van der Waals surface area contributed by atoms with Crippen LogP contribution >= 0.6 is 0 Å². The zero-order valence-electron chi connectivity index (χ0n) is 17.9. The van der Waals surface area contributed by atoms with Gasteiger partial charge in [0, 0.05) is 28.7 Å². The molecule has 3 N–H and O–H groups in total. The molecule has 0 aliphatic rings. The minimum atomic E-state index is -4.80. The van der Waals surface area contributed by atoms with Crippen LogP contribution in [0.25, 0.3) is 5.65 Å². The molecule has 34 heavy (non-hydrogen) atoms. The Morgan fingerprint density at radius 3 is 2.59 bits per heavy atom. The molecule has 0 fully saturated rings. The number of carbonyl (C=O) groups excluding carboxylic acids is 2. The second-order valence-corrected chi connectivity index (χ2v) is 7.49. The van der Waals surface area contributed by atoms with Crippen molar-refractivity contribution in [2.45, 2.75) is 26.4 Å². The van der Waals surface area contributed by atoms with E-state index < -0.39 is 29.2 Å². The van der Waals surface area contributed by atoms with Crippen LogP contribution in [0.3, 0.4) is 0 Å². The van der Waals surface area contributed by atoms with Gasteiger partial charge in [0.2, 0.25) is 5.91 Å². The molecule has 0 bridgehead atoms. The van der Waals surface area contributed by atoms with Crippen molar-refractivity contribution in [2.75, 3.05) is 10.6 Å². The lowest BCUT2D eigenvalue weighted by Gasteiger charge is -2.16. The normalized spacial score (nSPS) is 11.6. The van der Waals surface area contributed by atoms with Gasteiger partial charge in [-0.3, -0.25) is 19.5 Å². The lowest BCUT2D eigenvalue weighted by molar-refractivity contribution is -0.136. The van der Waals surface area contributed by atoms with E-state index in [4.69, 9.17) is 4.42 Å². The molecule has 0 spiro atoms. The van der Waals surface area contributed by atoms with E-state index in [2.05, 4.69) is 20.7 Å². The van der Waals surface area contributed by atoms with Crippen molar-refractivity contribution < 1.29 is 27.2 Å². The molecule has 2 amide bonds. The molecule has 0 saturated heterocycles. The predicted molar refractivity (Wildman–Crippen MR) is 116 cm³/mol. The molecule has 12 heteroatoms. The van der Waals surface area contributed by atoms with E-state index in [1.165, 1.54) is 35.0 Å². The van der Waals surface area contributed by atoms with Gasteiger partial charge in [0.1, 0.15) is 0 Å². The second kappa shape index (κ2) is 8.54. The first-order chi connectivity index (χ1) is 16.0. The number of hydrogen-bond acceptors (Lipinski definition) is 5. The highest BCUT2D eigenvalue weighted by Gasteiger charge is 2.34. The van der Waals surface area contributed by atoms with E-state index in [1.807, 2.05) is 0 Å². The Hall–Kier alpha value is -4.35. The van der Waals surface area contributed by atoms with Gasteiger partial charge in [0.15, 0.2) is 11.4 Å². The predicted octanol–water partition coefficient (Wildman–Crippen LogP) is 3.68. The van der Waals surface area contributed by atoms with Crippen LogP contribution in [-0.4, -0.2) is 26.4 Å². The number of H-pyrrole nitrogens is 1. The van der Waals surface area contributed by atoms with Gasteiger partial charge in [0.25, 0.3) is 11.5 Å². The maximum absolute atomic E-state index is 13.7. The standard InChI is InChI=1S/C22H18F3N5O4/c1-11-14(12(2)30-18(26-11)10-20(32)29-30)9-19(31)28-16-6-5-13(8-15(16)22(23,24)25)27-21(33)17-4-3-7-34-17/h3-8,10H,9H2,1-2H3,(H,27,33)(H,28,31)(H,29,32). The first-order valence-electron chi connectivity index (χ1n) is 9.97. The SMILES string of the molecule is Cc1nc2cc(=O)[nH]n2c(C)c1CC(=O)Nc1ccc(NC(=O)c2ccco2)cc1C(F)(F)F. The minimum Gasteiger partial charge on any atom is -0.459 e. The summed E-state index contributed by atoms with van der Waals surface area (Å²) in [5.41, 5.74) is -0.244. The third kappa shape index (κ3) is 4.56. The van der Waals surface area contributed by atoms with Crippen LogP contribution in [0.2, 0.25) is 0 Å². The topological polar surface area (TPSA) is 121 Å². The molecule has 4 rings (SSSR count). The van der Waals surface area contributed by atoms with E-state index in [0.717, 1.165) is 12.1 Å². The fourth-order valence-electron chi connectivity index (χ4n) is 3.53. The number of aryl methyl sites for hydroxylation is 2. The summed E-state index contributed by atoms with van der Waals surface area (Å²) in [5.74, 6) is -1.49. The van der Waals surface area contributed by atoms with Gasteiger partial charge in [-0.05, 0) is 44.2 Å². The van der Waals surface area contributed by atoms with Crippen molar-refractivity contribution in [3.63, 3.8) is 0 Å². The Kier molecular flexibility index (Phi) is 5.73. The van der Waals surface area contributed by atoms with E-state index in [0.29, 0.717) is 22.6 Å². The monoisotopic (exact) mass is 473 g/mol. The minimum absolute atomic E-state index is 0.0636. The van der Waals surface area contributed by atoms with Crippen LogP contribution < -0.4 is 16.2 Å². The van der Waals surface area contributed by atoms with E-state index in [9.17, 15) is 27.6 Å². The molecule has 0 atom stereocenters. The van der Waals surface area contributed by atoms with Gasteiger partial charge in [-0.15, -0.1) is 0 Å². The molecule has 0 aliphatic heterocycles. The molecule has 3 heterocycles. The molecule has 1 aromatic carbocycles. The largest absolute Gasteiger partial charge is 0.459 e. The van der Waals surface area contributed by atoms with Gasteiger partial charge in [-0.25, -0.2) is 9.50 Å². The number of fused-ring (bicyclic) bond motifs is 1. The highest BCUT2D eigenvalue weighted by Crippen LogP contribution is 2.37. The number of halogens is 3. The number of amides is 2. The molecule has 0 saturated carbocycles. The quantitative estimate of drug-likeness (QED) is 0.408. The Bertz CT molecular complexity index is 1450. The molecule has 3 aromatic heterocycles. The number of anilines is 2. The van der Waals surface area contributed by atoms with Gasteiger partial charge in [-0.1, -0.05) is 0 Å². The van der Waals surface area contributed by atoms with Crippen molar-refractivity contribution in [3.05, 3.63) is 81.3 Å². The Morgan fingerprint density at radius 2 is 1.91 bits per heavy atom. The number of rotatable bonds is 5. The summed E-state index contributed by atoms with van der Waals surface area (Å²) in [6.45, 7) is 3.31. The molecule has 9 nitrogen and oxygen atoms in total. The van der Waals surface area contributed by atoms with E-state index in [1.54, 1.807) is 13.8 Å². The second-order valence-electron chi connectivity index (χ2n) is 7.49. The molecule has 0 unspecified atom stereocenters. The Labute approximate surface area is 189 Å². The van der Waals surface area contributed by atoms with Crippen LogP contribution in [-0.2, 0) is 17.4 Å². The highest BCUT2D eigenvalue weighted by molar-refractivity contribution is 6.02. The maximum Gasteiger partial charge on any atom is 0.418 e. The van der Waals surface area contributed by atoms with Gasteiger partial charge in [0.05, 0.1) is 23.9 Å². The summed E-state index contributed by atoms with van der Waals surface area (Å²) in [6.07, 6.45) is -3.81. The number of nitrogens with zero attached hydrogens (tertiary/aromatic N) is 2. The summed E-state index contributed by atoms with van der Waals surface area (Å²) in [6, 6.07) is 7.16. The van der Waals surface area contributed by atoms with Gasteiger partial charge < -0.3 is 15.1 Å². The zero-order chi connectivity index (χ0) is 24.6. The number of aromatic amines is 1. The summed E-state index contributed by atoms with van der Waals surface area (Å²) < 4.78 is 47.4. The Morgan fingerprint density at radius 1 is 1.15 bits per heavy atom. The molecule has 4 aromatic rings. The third-order valence-corrected chi connectivity index (χ3v) is 5.14. The number of nitrogens with one attached hydrogen (secondary N) is 3. The van der Waals surface area contributed by atoms with E-state index >= 15 is 0 Å². The van der Waals surface area contributed by atoms with Crippen molar-refractivity contribution in [1.29, 1.82) is 0 Å². The zero-order valence-corrected chi connectivity index (χ0v) is 17.9. The summed E-state index contributed by atoms with van der Waals surface area (Å²) >= 11 is 0. The number of alkyl halides is 3. The summed E-state index contributed by atoms with van der Waals surface area (Å²) in [7, 11) is 0. The smallest absolute Gasteiger partial charge is 0.418 e. The number of benzene rings is 1. The molecule has 0 aliphatic carbocycles. The van der Waals surface area contributed by atoms with Gasteiger partial charge in [-0.2, -0.15) is 13.2 Å². The number of carbonyl (C=O) groups is 2. The fourth-order valence-corrected chi connectivity index (χ4v) is 3.53. The van der Waals surface area contributed by atoms with Crippen molar-refractivity contribution >= 4 is 28.8 Å². The van der Waals surface area contributed by atoms with Crippen LogP contribution in [0, 0.1) is 13.8 Å². The number of aromatic nitrogens is 3. The lowest BCUT2D eigenvalue weighted by atomic mass is 10.1. The van der Waals surface area contributed by atoms with Crippen molar-refractivity contribution in [2.24, 2.45) is 0 Å². The third-order valence-electron chi connectivity index (χ3n) is 5.14.